The number of aromatic carboxylic acids is 1. The number of amides is 1. The van der Waals surface area contributed by atoms with Gasteiger partial charge in [-0.05, 0) is 44.4 Å². The van der Waals surface area contributed by atoms with Gasteiger partial charge in [0.25, 0.3) is 5.91 Å². The van der Waals surface area contributed by atoms with Crippen LogP contribution in [-0.2, 0) is 0 Å². The summed E-state index contributed by atoms with van der Waals surface area (Å²) in [4.78, 5) is 26.2. The molecule has 0 aliphatic carbocycles. The van der Waals surface area contributed by atoms with E-state index in [0.29, 0.717) is 34.0 Å². The number of rotatable bonds is 7. The molecule has 0 atom stereocenters. The Morgan fingerprint density at radius 1 is 1.31 bits per heavy atom. The lowest BCUT2D eigenvalue weighted by Crippen LogP contribution is -2.19. The zero-order chi connectivity index (χ0) is 18.7. The first-order valence-corrected chi connectivity index (χ1v) is 8.66. The molecule has 0 unspecified atom stereocenters. The summed E-state index contributed by atoms with van der Waals surface area (Å²) in [5, 5.41) is 19.1. The number of likely N-dealkylation sites (N-methyl/N-ethyl adjacent to an activating group) is 1. The second-order valence-corrected chi connectivity index (χ2v) is 6.91. The second-order valence-electron chi connectivity index (χ2n) is 5.86. The van der Waals surface area contributed by atoms with Crippen molar-refractivity contribution in [1.29, 1.82) is 0 Å². The average Bonchev–Trinajstić information content (AvgIpc) is 3.17. The Labute approximate surface area is 153 Å². The average molecular weight is 374 g/mol. The van der Waals surface area contributed by atoms with E-state index in [1.807, 2.05) is 19.0 Å². The number of nitrogens with zero attached hydrogens (tertiary/aromatic N) is 2. The van der Waals surface area contributed by atoms with E-state index in [2.05, 4.69) is 15.5 Å². The van der Waals surface area contributed by atoms with Gasteiger partial charge in [-0.25, -0.2) is 4.79 Å². The number of carbonyl (C=O) groups excluding carboxylic acids is 1. The molecule has 0 spiro atoms. The Morgan fingerprint density at radius 3 is 2.69 bits per heavy atom. The number of H-pyrrole nitrogens is 1. The van der Waals surface area contributed by atoms with E-state index in [1.54, 1.807) is 24.3 Å². The summed E-state index contributed by atoms with van der Waals surface area (Å²) in [6, 6.07) is 8.29. The highest BCUT2D eigenvalue weighted by atomic mass is 32.1. The number of carbonyl (C=O) groups is 2. The van der Waals surface area contributed by atoms with Crippen LogP contribution >= 0.6 is 11.3 Å². The van der Waals surface area contributed by atoms with Crippen molar-refractivity contribution in [3.8, 4) is 5.75 Å². The van der Waals surface area contributed by atoms with Crippen LogP contribution in [0.3, 0.4) is 0 Å². The molecule has 0 aliphatic rings. The monoisotopic (exact) mass is 374 g/mol. The third-order valence-electron chi connectivity index (χ3n) is 3.62. The number of aromatic nitrogens is 2. The normalized spacial score (nSPS) is 11.0. The first-order chi connectivity index (χ1) is 12.4. The van der Waals surface area contributed by atoms with E-state index in [1.165, 1.54) is 6.07 Å². The molecule has 2 aromatic heterocycles. The SMILES string of the molecule is CN(C)CCOc1ccc(C(=O)Nc2n[nH]c3sc(C(=O)O)cc23)cc1. The highest BCUT2D eigenvalue weighted by Crippen LogP contribution is 2.29. The van der Waals surface area contributed by atoms with Crippen molar-refractivity contribution < 1.29 is 19.4 Å². The summed E-state index contributed by atoms with van der Waals surface area (Å²) < 4.78 is 5.60. The standard InChI is InChI=1S/C17H18N4O4S/c1-21(2)7-8-25-11-5-3-10(4-6-11)15(22)18-14-12-9-13(17(23)24)26-16(12)20-19-14/h3-6,9H,7-8H2,1-2H3,(H,23,24)(H2,18,19,20,22). The molecule has 26 heavy (non-hydrogen) atoms. The van der Waals surface area contributed by atoms with Crippen LogP contribution in [0.1, 0.15) is 20.0 Å². The predicted molar refractivity (Wildman–Crippen MR) is 99.4 cm³/mol. The molecule has 0 fully saturated rings. The molecule has 0 bridgehead atoms. The van der Waals surface area contributed by atoms with E-state index in [-0.39, 0.29) is 10.8 Å². The van der Waals surface area contributed by atoms with Crippen molar-refractivity contribution in [1.82, 2.24) is 15.1 Å². The van der Waals surface area contributed by atoms with E-state index >= 15 is 0 Å². The van der Waals surface area contributed by atoms with Crippen LogP contribution in [0.5, 0.6) is 5.75 Å². The summed E-state index contributed by atoms with van der Waals surface area (Å²) in [5.74, 6) is -0.349. The summed E-state index contributed by atoms with van der Waals surface area (Å²) >= 11 is 1.07. The first kappa shape index (κ1) is 17.9. The van der Waals surface area contributed by atoms with Crippen LogP contribution in [0.4, 0.5) is 5.82 Å². The van der Waals surface area contributed by atoms with Crippen molar-refractivity contribution in [2.45, 2.75) is 0 Å². The van der Waals surface area contributed by atoms with Crippen molar-refractivity contribution >= 4 is 39.2 Å². The van der Waals surface area contributed by atoms with Crippen molar-refractivity contribution in [3.63, 3.8) is 0 Å². The molecule has 0 saturated carbocycles. The molecule has 0 aliphatic heterocycles. The van der Waals surface area contributed by atoms with E-state index < -0.39 is 5.97 Å². The van der Waals surface area contributed by atoms with Gasteiger partial charge in [0.05, 0.1) is 5.39 Å². The molecule has 3 rings (SSSR count). The molecule has 0 saturated heterocycles. The van der Waals surface area contributed by atoms with Crippen LogP contribution in [0.2, 0.25) is 0 Å². The highest BCUT2D eigenvalue weighted by Gasteiger charge is 2.16. The van der Waals surface area contributed by atoms with Gasteiger partial charge in [0.1, 0.15) is 22.1 Å². The number of hydrogen-bond acceptors (Lipinski definition) is 6. The molecule has 136 valence electrons. The lowest BCUT2D eigenvalue weighted by atomic mass is 10.2. The molecule has 1 amide bonds. The van der Waals surface area contributed by atoms with Gasteiger partial charge in [0, 0.05) is 12.1 Å². The van der Waals surface area contributed by atoms with Crippen LogP contribution in [0.15, 0.2) is 30.3 Å². The number of anilines is 1. The zero-order valence-corrected chi connectivity index (χ0v) is 15.1. The maximum absolute atomic E-state index is 12.4. The largest absolute Gasteiger partial charge is 0.492 e. The number of carboxylic acid groups (broad SMARTS) is 1. The fraction of sp³-hybridized carbons (Fsp3) is 0.235. The maximum atomic E-state index is 12.4. The topological polar surface area (TPSA) is 108 Å². The molecular weight excluding hydrogens is 356 g/mol. The maximum Gasteiger partial charge on any atom is 0.345 e. The lowest BCUT2D eigenvalue weighted by molar-refractivity contribution is 0.0702. The van der Waals surface area contributed by atoms with Gasteiger partial charge in [-0.2, -0.15) is 5.10 Å². The smallest absolute Gasteiger partial charge is 0.345 e. The van der Waals surface area contributed by atoms with Gasteiger partial charge in [0.15, 0.2) is 5.82 Å². The van der Waals surface area contributed by atoms with Gasteiger partial charge >= 0.3 is 5.97 Å². The lowest BCUT2D eigenvalue weighted by Gasteiger charge is -2.11. The molecule has 9 heteroatoms. The van der Waals surface area contributed by atoms with Crippen LogP contribution in [-0.4, -0.2) is 59.3 Å². The van der Waals surface area contributed by atoms with E-state index in [0.717, 1.165) is 17.9 Å². The fourth-order valence-electron chi connectivity index (χ4n) is 2.25. The van der Waals surface area contributed by atoms with Crippen LogP contribution in [0.25, 0.3) is 10.2 Å². The van der Waals surface area contributed by atoms with E-state index in [9.17, 15) is 9.59 Å². The molecule has 0 radical (unpaired) electrons. The Morgan fingerprint density at radius 2 is 2.04 bits per heavy atom. The number of hydrogen-bond donors (Lipinski definition) is 3. The number of aromatic amines is 1. The van der Waals surface area contributed by atoms with Gasteiger partial charge in [-0.15, -0.1) is 11.3 Å². The van der Waals surface area contributed by atoms with Crippen LogP contribution < -0.4 is 10.1 Å². The minimum absolute atomic E-state index is 0.184. The van der Waals surface area contributed by atoms with Gasteiger partial charge in [0.2, 0.25) is 0 Å². The number of thiophene rings is 1. The van der Waals surface area contributed by atoms with Crippen molar-refractivity contribution in [2.24, 2.45) is 0 Å². The quantitative estimate of drug-likeness (QED) is 0.586. The van der Waals surface area contributed by atoms with E-state index in [4.69, 9.17) is 9.84 Å². The third-order valence-corrected chi connectivity index (χ3v) is 4.65. The van der Waals surface area contributed by atoms with Crippen molar-refractivity contribution in [2.75, 3.05) is 32.6 Å². The number of fused-ring (bicyclic) bond motifs is 1. The number of nitrogens with one attached hydrogen (secondary N) is 2. The zero-order valence-electron chi connectivity index (χ0n) is 14.3. The summed E-state index contributed by atoms with van der Waals surface area (Å²) in [6.45, 7) is 1.37. The summed E-state index contributed by atoms with van der Waals surface area (Å²) in [7, 11) is 3.94. The van der Waals surface area contributed by atoms with Gasteiger partial charge < -0.3 is 20.1 Å². The van der Waals surface area contributed by atoms with Gasteiger partial charge in [-0.1, -0.05) is 0 Å². The molecule has 8 nitrogen and oxygen atoms in total. The van der Waals surface area contributed by atoms with Crippen LogP contribution in [0, 0.1) is 0 Å². The molecule has 3 N–H and O–H groups in total. The predicted octanol–water partition coefficient (Wildman–Crippen LogP) is 2.52. The van der Waals surface area contributed by atoms with Crippen molar-refractivity contribution in [3.05, 3.63) is 40.8 Å². The summed E-state index contributed by atoms with van der Waals surface area (Å²) in [6.07, 6.45) is 0. The number of carboxylic acids is 1. The summed E-state index contributed by atoms with van der Waals surface area (Å²) in [5.41, 5.74) is 0.454. The van der Waals surface area contributed by atoms with Gasteiger partial charge in [-0.3, -0.25) is 9.89 Å². The first-order valence-electron chi connectivity index (χ1n) is 7.84. The number of benzene rings is 1. The number of ether oxygens (including phenoxy) is 1. The Bertz CT molecular complexity index is 930. The Kier molecular flexibility index (Phi) is 5.19. The highest BCUT2D eigenvalue weighted by molar-refractivity contribution is 7.20. The Balaban J connectivity index is 1.67. The Hall–Kier alpha value is -2.91. The fourth-order valence-corrected chi connectivity index (χ4v) is 3.09. The molecule has 2 heterocycles. The molecular formula is C17H18N4O4S. The molecule has 3 aromatic rings. The minimum Gasteiger partial charge on any atom is -0.492 e. The molecule has 1 aromatic carbocycles. The third kappa shape index (κ3) is 4.01. The second kappa shape index (κ2) is 7.54. The minimum atomic E-state index is -1.01.